The van der Waals surface area contributed by atoms with Crippen LogP contribution >= 0.6 is 15.9 Å². The average Bonchev–Trinajstić information content (AvgIpc) is 2.62. The summed E-state index contributed by atoms with van der Waals surface area (Å²) in [6, 6.07) is 17.8. The highest BCUT2D eigenvalue weighted by Gasteiger charge is 2.23. The summed E-state index contributed by atoms with van der Waals surface area (Å²) in [7, 11) is 0. The SMILES string of the molecule is OC(COc1ccccc1)CN1CCOC(c2ccc(Br)cc2)C1. The maximum Gasteiger partial charge on any atom is 0.119 e. The lowest BCUT2D eigenvalue weighted by molar-refractivity contribution is -0.0459. The second-order valence-corrected chi connectivity index (χ2v) is 6.86. The van der Waals surface area contributed by atoms with Gasteiger partial charge in [0.15, 0.2) is 0 Å². The molecule has 1 aliphatic heterocycles. The molecule has 0 saturated carbocycles. The van der Waals surface area contributed by atoms with Crippen LogP contribution in [0, 0.1) is 0 Å². The molecule has 1 saturated heterocycles. The number of rotatable bonds is 6. The van der Waals surface area contributed by atoms with Crippen molar-refractivity contribution in [3.8, 4) is 5.75 Å². The van der Waals surface area contributed by atoms with E-state index in [0.29, 0.717) is 19.8 Å². The van der Waals surface area contributed by atoms with Crippen LogP contribution in [0.2, 0.25) is 0 Å². The number of morpholine rings is 1. The van der Waals surface area contributed by atoms with E-state index in [2.05, 4.69) is 33.0 Å². The van der Waals surface area contributed by atoms with Gasteiger partial charge in [-0.25, -0.2) is 0 Å². The molecule has 2 unspecified atom stereocenters. The Labute approximate surface area is 151 Å². The molecule has 0 radical (unpaired) electrons. The molecule has 4 nitrogen and oxygen atoms in total. The Bertz CT molecular complexity index is 620. The summed E-state index contributed by atoms with van der Waals surface area (Å²) in [5, 5.41) is 10.2. The molecule has 1 fully saturated rings. The minimum Gasteiger partial charge on any atom is -0.491 e. The predicted molar refractivity (Wildman–Crippen MR) is 97.2 cm³/mol. The number of hydrogen-bond donors (Lipinski definition) is 1. The van der Waals surface area contributed by atoms with Crippen molar-refractivity contribution in [1.82, 2.24) is 4.90 Å². The first kappa shape index (κ1) is 17.4. The first-order valence-corrected chi connectivity index (χ1v) is 8.95. The van der Waals surface area contributed by atoms with Crippen molar-refractivity contribution >= 4 is 15.9 Å². The number of aliphatic hydroxyl groups excluding tert-OH is 1. The molecular weight excluding hydrogens is 370 g/mol. The van der Waals surface area contributed by atoms with Crippen LogP contribution in [0.5, 0.6) is 5.75 Å². The first-order chi connectivity index (χ1) is 11.7. The lowest BCUT2D eigenvalue weighted by Gasteiger charge is -2.34. The Hall–Kier alpha value is -1.40. The summed E-state index contributed by atoms with van der Waals surface area (Å²) < 4.78 is 12.6. The van der Waals surface area contributed by atoms with Gasteiger partial charge in [0.1, 0.15) is 18.5 Å². The summed E-state index contributed by atoms with van der Waals surface area (Å²) in [5.74, 6) is 0.784. The molecule has 2 atom stereocenters. The molecule has 2 aromatic carbocycles. The number of para-hydroxylation sites is 1. The van der Waals surface area contributed by atoms with Gasteiger partial charge in [-0.3, -0.25) is 4.90 Å². The number of halogens is 1. The normalized spacial score (nSPS) is 19.8. The van der Waals surface area contributed by atoms with E-state index in [9.17, 15) is 5.11 Å². The Morgan fingerprint density at radius 3 is 2.67 bits per heavy atom. The predicted octanol–water partition coefficient (Wildman–Crippen LogP) is 3.26. The van der Waals surface area contributed by atoms with Gasteiger partial charge in [0.05, 0.1) is 12.7 Å². The molecule has 5 heteroatoms. The molecule has 0 aliphatic carbocycles. The number of ether oxygens (including phenoxy) is 2. The van der Waals surface area contributed by atoms with Crippen molar-refractivity contribution in [2.24, 2.45) is 0 Å². The lowest BCUT2D eigenvalue weighted by atomic mass is 10.1. The van der Waals surface area contributed by atoms with E-state index in [4.69, 9.17) is 9.47 Å². The second-order valence-electron chi connectivity index (χ2n) is 5.95. The van der Waals surface area contributed by atoms with Crippen molar-refractivity contribution < 1.29 is 14.6 Å². The van der Waals surface area contributed by atoms with Gasteiger partial charge in [-0.15, -0.1) is 0 Å². The van der Waals surface area contributed by atoms with E-state index < -0.39 is 6.10 Å². The zero-order valence-corrected chi connectivity index (χ0v) is 15.1. The van der Waals surface area contributed by atoms with E-state index in [1.807, 2.05) is 42.5 Å². The van der Waals surface area contributed by atoms with E-state index in [0.717, 1.165) is 28.9 Å². The quantitative estimate of drug-likeness (QED) is 0.820. The highest BCUT2D eigenvalue weighted by atomic mass is 79.9. The van der Waals surface area contributed by atoms with Crippen LogP contribution < -0.4 is 4.74 Å². The molecule has 1 aliphatic rings. The van der Waals surface area contributed by atoms with Crippen molar-refractivity contribution in [3.05, 3.63) is 64.6 Å². The fourth-order valence-electron chi connectivity index (χ4n) is 2.81. The molecule has 2 aromatic rings. The Morgan fingerprint density at radius 1 is 1.17 bits per heavy atom. The Balaban J connectivity index is 1.48. The van der Waals surface area contributed by atoms with Gasteiger partial charge in [-0.05, 0) is 29.8 Å². The lowest BCUT2D eigenvalue weighted by Crippen LogP contribution is -2.43. The summed E-state index contributed by atoms with van der Waals surface area (Å²) in [6.45, 7) is 3.17. The molecule has 3 rings (SSSR count). The standard InChI is InChI=1S/C19H22BrNO3/c20-16-8-6-15(7-9-16)19-13-21(10-11-23-19)12-17(22)14-24-18-4-2-1-3-5-18/h1-9,17,19,22H,10-14H2. The third-order valence-corrected chi connectivity index (χ3v) is 4.58. The van der Waals surface area contributed by atoms with Crippen LogP contribution in [-0.4, -0.2) is 49.0 Å². The van der Waals surface area contributed by atoms with E-state index in [1.54, 1.807) is 0 Å². The smallest absolute Gasteiger partial charge is 0.119 e. The highest BCUT2D eigenvalue weighted by Crippen LogP contribution is 2.24. The average molecular weight is 392 g/mol. The van der Waals surface area contributed by atoms with Gasteiger partial charge in [0, 0.05) is 24.1 Å². The summed E-state index contributed by atoms with van der Waals surface area (Å²) >= 11 is 3.45. The monoisotopic (exact) mass is 391 g/mol. The van der Waals surface area contributed by atoms with Crippen molar-refractivity contribution in [3.63, 3.8) is 0 Å². The van der Waals surface area contributed by atoms with Gasteiger partial charge in [-0.2, -0.15) is 0 Å². The van der Waals surface area contributed by atoms with Crippen LogP contribution in [0.25, 0.3) is 0 Å². The van der Waals surface area contributed by atoms with E-state index in [-0.39, 0.29) is 6.10 Å². The molecule has 0 spiro atoms. The molecule has 0 amide bonds. The van der Waals surface area contributed by atoms with Gasteiger partial charge < -0.3 is 14.6 Å². The summed E-state index contributed by atoms with van der Waals surface area (Å²) in [4.78, 5) is 2.23. The molecule has 1 N–H and O–H groups in total. The zero-order chi connectivity index (χ0) is 16.8. The van der Waals surface area contributed by atoms with Crippen LogP contribution in [0.4, 0.5) is 0 Å². The Morgan fingerprint density at radius 2 is 1.92 bits per heavy atom. The number of nitrogens with zero attached hydrogens (tertiary/aromatic N) is 1. The van der Waals surface area contributed by atoms with E-state index in [1.165, 1.54) is 0 Å². The topological polar surface area (TPSA) is 41.9 Å². The first-order valence-electron chi connectivity index (χ1n) is 8.16. The van der Waals surface area contributed by atoms with Crippen LogP contribution in [-0.2, 0) is 4.74 Å². The van der Waals surface area contributed by atoms with Gasteiger partial charge >= 0.3 is 0 Å². The number of β-amino-alcohol motifs (C(OH)–C–C–N with tert-alkyl or cyclic N) is 1. The van der Waals surface area contributed by atoms with Crippen LogP contribution in [0.3, 0.4) is 0 Å². The fourth-order valence-corrected chi connectivity index (χ4v) is 3.07. The van der Waals surface area contributed by atoms with Crippen LogP contribution in [0.1, 0.15) is 11.7 Å². The number of hydrogen-bond acceptors (Lipinski definition) is 4. The summed E-state index contributed by atoms with van der Waals surface area (Å²) in [5.41, 5.74) is 1.16. The third-order valence-electron chi connectivity index (χ3n) is 4.05. The van der Waals surface area contributed by atoms with Gasteiger partial charge in [-0.1, -0.05) is 46.3 Å². The highest BCUT2D eigenvalue weighted by molar-refractivity contribution is 9.10. The van der Waals surface area contributed by atoms with Crippen LogP contribution in [0.15, 0.2) is 59.1 Å². The maximum absolute atomic E-state index is 10.2. The minimum absolute atomic E-state index is 0.0501. The summed E-state index contributed by atoms with van der Waals surface area (Å²) in [6.07, 6.45) is -0.469. The van der Waals surface area contributed by atoms with Gasteiger partial charge in [0.2, 0.25) is 0 Å². The molecule has 128 valence electrons. The Kier molecular flexibility index (Phi) is 6.26. The number of benzene rings is 2. The second kappa shape index (κ2) is 8.62. The minimum atomic E-state index is -0.520. The number of aliphatic hydroxyl groups is 1. The largest absolute Gasteiger partial charge is 0.491 e. The molecule has 0 aromatic heterocycles. The zero-order valence-electron chi connectivity index (χ0n) is 13.5. The van der Waals surface area contributed by atoms with Crippen molar-refractivity contribution in [2.75, 3.05) is 32.8 Å². The van der Waals surface area contributed by atoms with Crippen molar-refractivity contribution in [1.29, 1.82) is 0 Å². The molecular formula is C19H22BrNO3. The maximum atomic E-state index is 10.2. The van der Waals surface area contributed by atoms with Gasteiger partial charge in [0.25, 0.3) is 0 Å². The van der Waals surface area contributed by atoms with Crippen molar-refractivity contribution in [2.45, 2.75) is 12.2 Å². The molecule has 24 heavy (non-hydrogen) atoms. The molecule has 1 heterocycles. The fraction of sp³-hybridized carbons (Fsp3) is 0.368. The molecule has 0 bridgehead atoms. The van der Waals surface area contributed by atoms with E-state index >= 15 is 0 Å². The third kappa shape index (κ3) is 5.05.